The summed E-state index contributed by atoms with van der Waals surface area (Å²) in [4.78, 5) is -0.250. The largest absolute Gasteiger partial charge is 0.511 e. The number of sulfonamides is 1. The van der Waals surface area contributed by atoms with Crippen LogP contribution in [0, 0.1) is 23.5 Å². The Labute approximate surface area is 203 Å². The van der Waals surface area contributed by atoms with Gasteiger partial charge in [0.05, 0.1) is 17.1 Å². The molecule has 2 aromatic carbocycles. The molecule has 0 radical (unpaired) electrons. The van der Waals surface area contributed by atoms with Gasteiger partial charge in [-0.3, -0.25) is 0 Å². The van der Waals surface area contributed by atoms with Gasteiger partial charge in [-0.05, 0) is 55.2 Å². The molecule has 2 aromatic rings. The van der Waals surface area contributed by atoms with Crippen molar-refractivity contribution in [3.63, 3.8) is 0 Å². The average Bonchev–Trinajstić information content (AvgIpc) is 2.79. The van der Waals surface area contributed by atoms with Crippen LogP contribution in [0.4, 0.5) is 22.0 Å². The number of fused-ring (bicyclic) bond motifs is 3. The highest BCUT2D eigenvalue weighted by Crippen LogP contribution is 2.58. The molecule has 0 saturated heterocycles. The van der Waals surface area contributed by atoms with Gasteiger partial charge >= 0.3 is 15.5 Å². The van der Waals surface area contributed by atoms with Crippen LogP contribution < -0.4 is 9.46 Å². The van der Waals surface area contributed by atoms with Crippen LogP contribution in [0.3, 0.4) is 0 Å². The molecule has 35 heavy (non-hydrogen) atoms. The quantitative estimate of drug-likeness (QED) is 0.544. The van der Waals surface area contributed by atoms with Crippen LogP contribution in [0.2, 0.25) is 5.02 Å². The molecular weight excluding hydrogens is 541 g/mol. The summed E-state index contributed by atoms with van der Waals surface area (Å²) in [5.41, 5.74) is -6.12. The van der Waals surface area contributed by atoms with Gasteiger partial charge in [0.15, 0.2) is 21.4 Å². The summed E-state index contributed by atoms with van der Waals surface area (Å²) >= 11 is 5.87. The maximum absolute atomic E-state index is 15.2. The van der Waals surface area contributed by atoms with Crippen molar-refractivity contribution in [1.29, 1.82) is 0 Å². The number of benzene rings is 2. The number of hydrogen-bond donors (Lipinski definition) is 1. The lowest BCUT2D eigenvalue weighted by Crippen LogP contribution is -2.56. The third kappa shape index (κ3) is 4.19. The van der Waals surface area contributed by atoms with Gasteiger partial charge in [0.25, 0.3) is 0 Å². The minimum atomic E-state index is -5.71. The molecule has 192 valence electrons. The summed E-state index contributed by atoms with van der Waals surface area (Å²) < 4.78 is 125. The minimum absolute atomic E-state index is 0.0944. The Morgan fingerprint density at radius 2 is 1.66 bits per heavy atom. The minimum Gasteiger partial charge on any atom is -0.490 e. The van der Waals surface area contributed by atoms with Crippen LogP contribution in [0.25, 0.3) is 0 Å². The molecule has 6 nitrogen and oxygen atoms in total. The summed E-state index contributed by atoms with van der Waals surface area (Å²) in [6, 6.07) is 6.56. The molecule has 1 fully saturated rings. The summed E-state index contributed by atoms with van der Waals surface area (Å²) in [7, 11) is -10.2. The van der Waals surface area contributed by atoms with Crippen LogP contribution in [0.15, 0.2) is 41.3 Å². The van der Waals surface area contributed by atoms with Gasteiger partial charge in [-0.1, -0.05) is 18.0 Å². The maximum Gasteiger partial charge on any atom is 0.511 e. The van der Waals surface area contributed by atoms with E-state index in [0.717, 1.165) is 12.1 Å². The Morgan fingerprint density at radius 3 is 2.29 bits per heavy atom. The lowest BCUT2D eigenvalue weighted by molar-refractivity contribution is -0.0450. The number of hydrogen-bond acceptors (Lipinski definition) is 5. The normalized spacial score (nSPS) is 24.9. The second-order valence-electron chi connectivity index (χ2n) is 8.45. The van der Waals surface area contributed by atoms with Crippen molar-refractivity contribution in [1.82, 2.24) is 4.72 Å². The third-order valence-corrected chi connectivity index (χ3v) is 10.6. The van der Waals surface area contributed by atoms with Crippen LogP contribution >= 0.6 is 11.6 Å². The van der Waals surface area contributed by atoms with Gasteiger partial charge in [0, 0.05) is 17.5 Å². The molecule has 14 heteroatoms. The first-order valence-electron chi connectivity index (χ1n) is 10.4. The summed E-state index contributed by atoms with van der Waals surface area (Å²) in [5.74, 6) is -4.81. The molecule has 1 saturated carbocycles. The lowest BCUT2D eigenvalue weighted by Gasteiger charge is -2.50. The van der Waals surface area contributed by atoms with E-state index in [2.05, 4.69) is 0 Å². The SMILES string of the molecule is O=S(=O)(NC[C@@H]1CCC[C@@]2(S(=O)(=O)c3ccc(Cl)cc3)c3c(F)ccc(F)c3OC[C@@H]12)C(F)(F)F. The smallest absolute Gasteiger partial charge is 0.490 e. The average molecular weight is 560 g/mol. The first kappa shape index (κ1) is 26.1. The molecule has 1 N–H and O–H groups in total. The fourth-order valence-electron chi connectivity index (χ4n) is 5.05. The van der Waals surface area contributed by atoms with Crippen LogP contribution in [-0.4, -0.2) is 35.5 Å². The van der Waals surface area contributed by atoms with Gasteiger partial charge in [0.1, 0.15) is 10.6 Å². The Hall–Kier alpha value is -1.96. The van der Waals surface area contributed by atoms with E-state index in [0.29, 0.717) is 0 Å². The number of alkyl halides is 3. The second-order valence-corrected chi connectivity index (χ2v) is 12.8. The first-order valence-corrected chi connectivity index (χ1v) is 13.7. The molecule has 4 rings (SSSR count). The third-order valence-electron chi connectivity index (χ3n) is 6.62. The van der Waals surface area contributed by atoms with Crippen molar-refractivity contribution >= 4 is 31.5 Å². The van der Waals surface area contributed by atoms with Crippen molar-refractivity contribution in [2.24, 2.45) is 11.8 Å². The van der Waals surface area contributed by atoms with Crippen molar-refractivity contribution in [2.45, 2.75) is 34.4 Å². The highest BCUT2D eigenvalue weighted by molar-refractivity contribution is 7.92. The van der Waals surface area contributed by atoms with Gasteiger partial charge < -0.3 is 4.74 Å². The first-order chi connectivity index (χ1) is 16.2. The van der Waals surface area contributed by atoms with Gasteiger partial charge in [-0.2, -0.15) is 13.2 Å². The number of nitrogens with one attached hydrogen (secondary N) is 1. The van der Waals surface area contributed by atoms with Crippen LogP contribution in [0.1, 0.15) is 24.8 Å². The fraction of sp³-hybridized carbons (Fsp3) is 0.429. The van der Waals surface area contributed by atoms with E-state index >= 15 is 4.39 Å². The zero-order chi connectivity index (χ0) is 25.8. The molecule has 1 aliphatic heterocycles. The van der Waals surface area contributed by atoms with Crippen molar-refractivity contribution in [3.8, 4) is 5.75 Å². The van der Waals surface area contributed by atoms with E-state index < -0.39 is 78.1 Å². The Bertz CT molecular complexity index is 1350. The van der Waals surface area contributed by atoms with Gasteiger partial charge in [-0.15, -0.1) is 0 Å². The van der Waals surface area contributed by atoms with Crippen LogP contribution in [0.5, 0.6) is 5.75 Å². The standard InChI is InChI=1S/C21H19ClF5NO5S2/c22-13-3-5-14(6-4-13)34(29,30)20-9-1-2-12(10-28-35(31,32)21(25,26)27)15(20)11-33-19-17(24)8-7-16(23)18(19)20/h3-8,12,15,28H,1-2,9-11H2/t12-,15-,20-/m0/s1. The van der Waals surface area contributed by atoms with E-state index in [9.17, 15) is 34.4 Å². The van der Waals surface area contributed by atoms with Crippen LogP contribution in [-0.2, 0) is 24.6 Å². The summed E-state index contributed by atoms with van der Waals surface area (Å²) in [6.45, 7) is -1.24. The lowest BCUT2D eigenvalue weighted by atomic mass is 9.67. The highest BCUT2D eigenvalue weighted by Gasteiger charge is 2.61. The number of halogens is 6. The number of sulfone groups is 1. The van der Waals surface area contributed by atoms with Crippen molar-refractivity contribution in [2.75, 3.05) is 13.2 Å². The second kappa shape index (κ2) is 8.86. The molecule has 0 spiro atoms. The van der Waals surface area contributed by atoms with E-state index in [1.54, 1.807) is 0 Å². The predicted molar refractivity (Wildman–Crippen MR) is 116 cm³/mol. The fourth-order valence-corrected chi connectivity index (χ4v) is 8.22. The molecule has 0 aromatic heterocycles. The van der Waals surface area contributed by atoms with Gasteiger partial charge in [-0.25, -0.2) is 30.3 Å². The Morgan fingerprint density at radius 1 is 1.03 bits per heavy atom. The molecule has 3 atom stereocenters. The molecule has 0 unspecified atom stereocenters. The molecule has 0 amide bonds. The summed E-state index contributed by atoms with van der Waals surface area (Å²) in [5, 5.41) is 0.227. The summed E-state index contributed by atoms with van der Waals surface area (Å²) in [6.07, 6.45) is 0.0531. The van der Waals surface area contributed by atoms with E-state index in [-0.39, 0.29) is 29.2 Å². The van der Waals surface area contributed by atoms with E-state index in [1.807, 2.05) is 0 Å². The molecule has 0 bridgehead atoms. The molecular formula is C21H19ClF5NO5S2. The zero-order valence-corrected chi connectivity index (χ0v) is 20.2. The molecule has 1 heterocycles. The van der Waals surface area contributed by atoms with E-state index in [4.69, 9.17) is 16.3 Å². The Balaban J connectivity index is 1.88. The van der Waals surface area contributed by atoms with E-state index in [1.165, 1.54) is 29.0 Å². The van der Waals surface area contributed by atoms with Crippen molar-refractivity contribution in [3.05, 3.63) is 58.6 Å². The van der Waals surface area contributed by atoms with Gasteiger partial charge in [0.2, 0.25) is 0 Å². The number of ether oxygens (including phenoxy) is 1. The van der Waals surface area contributed by atoms with Crippen molar-refractivity contribution < 1.29 is 43.5 Å². The molecule has 2 aliphatic rings. The Kier molecular flexibility index (Phi) is 6.61. The maximum atomic E-state index is 15.2. The number of rotatable bonds is 5. The monoisotopic (exact) mass is 559 g/mol. The topological polar surface area (TPSA) is 89.5 Å². The predicted octanol–water partition coefficient (Wildman–Crippen LogP) is 4.54. The highest BCUT2D eigenvalue weighted by atomic mass is 35.5. The zero-order valence-electron chi connectivity index (χ0n) is 17.8. The molecule has 1 aliphatic carbocycles.